The maximum absolute atomic E-state index is 12.8. The van der Waals surface area contributed by atoms with Crippen LogP contribution in [0.2, 0.25) is 0 Å². The van der Waals surface area contributed by atoms with Crippen LogP contribution in [0.5, 0.6) is 0 Å². The van der Waals surface area contributed by atoms with Crippen molar-refractivity contribution < 1.29 is 9.18 Å². The van der Waals surface area contributed by atoms with Crippen LogP contribution in [0.3, 0.4) is 0 Å². The van der Waals surface area contributed by atoms with Crippen molar-refractivity contribution >= 4 is 5.78 Å². The molecule has 0 saturated carbocycles. The summed E-state index contributed by atoms with van der Waals surface area (Å²) < 4.78 is 12.8. The zero-order chi connectivity index (χ0) is 13.3. The standard InChI is InChI=1S/C15H20FNO/c1-10-8-11(2)17(9-10)12(3)15(18)13-4-6-14(16)7-5-13/h4-7,10-12H,8-9H2,1-3H3. The van der Waals surface area contributed by atoms with Gasteiger partial charge in [-0.2, -0.15) is 0 Å². The van der Waals surface area contributed by atoms with Crippen LogP contribution in [0.15, 0.2) is 24.3 Å². The van der Waals surface area contributed by atoms with Crippen LogP contribution in [0, 0.1) is 11.7 Å². The molecule has 0 spiro atoms. The molecule has 18 heavy (non-hydrogen) atoms. The highest BCUT2D eigenvalue weighted by Gasteiger charge is 2.33. The van der Waals surface area contributed by atoms with Gasteiger partial charge in [-0.3, -0.25) is 9.69 Å². The van der Waals surface area contributed by atoms with Crippen molar-refractivity contribution in [2.45, 2.75) is 39.3 Å². The van der Waals surface area contributed by atoms with Crippen LogP contribution >= 0.6 is 0 Å². The molecule has 2 nitrogen and oxygen atoms in total. The summed E-state index contributed by atoms with van der Waals surface area (Å²) >= 11 is 0. The number of ketones is 1. The van der Waals surface area contributed by atoms with Gasteiger partial charge in [0.1, 0.15) is 5.82 Å². The van der Waals surface area contributed by atoms with Crippen molar-refractivity contribution in [1.82, 2.24) is 4.90 Å². The van der Waals surface area contributed by atoms with Crippen molar-refractivity contribution in [2.75, 3.05) is 6.54 Å². The number of benzene rings is 1. The summed E-state index contributed by atoms with van der Waals surface area (Å²) in [6.45, 7) is 7.29. The zero-order valence-electron chi connectivity index (χ0n) is 11.2. The van der Waals surface area contributed by atoms with E-state index in [2.05, 4.69) is 18.7 Å². The molecule has 0 amide bonds. The third-order valence-electron chi connectivity index (χ3n) is 3.84. The first-order valence-corrected chi connectivity index (χ1v) is 6.54. The first kappa shape index (κ1) is 13.2. The largest absolute Gasteiger partial charge is 0.292 e. The number of carbonyl (C=O) groups is 1. The van der Waals surface area contributed by atoms with E-state index in [1.165, 1.54) is 12.1 Å². The van der Waals surface area contributed by atoms with Gasteiger partial charge in [-0.1, -0.05) is 6.92 Å². The molecule has 3 heteroatoms. The maximum Gasteiger partial charge on any atom is 0.179 e. The van der Waals surface area contributed by atoms with Crippen LogP contribution in [0.25, 0.3) is 0 Å². The number of hydrogen-bond donors (Lipinski definition) is 0. The van der Waals surface area contributed by atoms with E-state index >= 15 is 0 Å². The predicted molar refractivity (Wildman–Crippen MR) is 70.1 cm³/mol. The van der Waals surface area contributed by atoms with E-state index in [1.807, 2.05) is 6.92 Å². The van der Waals surface area contributed by atoms with Crippen LogP contribution in [-0.4, -0.2) is 29.3 Å². The Balaban J connectivity index is 2.11. The molecule has 1 aromatic carbocycles. The van der Waals surface area contributed by atoms with Gasteiger partial charge in [0, 0.05) is 18.2 Å². The third kappa shape index (κ3) is 2.61. The fourth-order valence-corrected chi connectivity index (χ4v) is 2.88. The average molecular weight is 249 g/mol. The molecule has 3 unspecified atom stereocenters. The van der Waals surface area contributed by atoms with Gasteiger partial charge < -0.3 is 0 Å². The molecule has 1 aliphatic rings. The van der Waals surface area contributed by atoms with Gasteiger partial charge in [-0.15, -0.1) is 0 Å². The predicted octanol–water partition coefficient (Wildman–Crippen LogP) is 3.13. The number of carbonyl (C=O) groups excluding carboxylic acids is 1. The molecule has 1 saturated heterocycles. The number of Topliss-reactive ketones (excluding diaryl/α,β-unsaturated/α-hetero) is 1. The second-order valence-corrected chi connectivity index (χ2v) is 5.43. The normalized spacial score (nSPS) is 26.2. The Kier molecular flexibility index (Phi) is 3.81. The fraction of sp³-hybridized carbons (Fsp3) is 0.533. The Hall–Kier alpha value is -1.22. The van der Waals surface area contributed by atoms with Gasteiger partial charge in [-0.25, -0.2) is 4.39 Å². The van der Waals surface area contributed by atoms with E-state index in [9.17, 15) is 9.18 Å². The molecule has 1 aromatic rings. The van der Waals surface area contributed by atoms with Crippen molar-refractivity contribution in [3.8, 4) is 0 Å². The van der Waals surface area contributed by atoms with E-state index in [1.54, 1.807) is 12.1 Å². The Labute approximate surface area is 108 Å². The number of nitrogens with zero attached hydrogens (tertiary/aromatic N) is 1. The SMILES string of the molecule is CC1CC(C)N(C(C)C(=O)c2ccc(F)cc2)C1. The highest BCUT2D eigenvalue weighted by Crippen LogP contribution is 2.25. The van der Waals surface area contributed by atoms with Gasteiger partial charge in [0.25, 0.3) is 0 Å². The summed E-state index contributed by atoms with van der Waals surface area (Å²) in [6, 6.07) is 6.14. The van der Waals surface area contributed by atoms with E-state index in [0.717, 1.165) is 13.0 Å². The molecule has 0 bridgehead atoms. The van der Waals surface area contributed by atoms with Crippen LogP contribution in [-0.2, 0) is 0 Å². The monoisotopic (exact) mass is 249 g/mol. The van der Waals surface area contributed by atoms with Crippen LogP contribution in [0.4, 0.5) is 4.39 Å². The van der Waals surface area contributed by atoms with Crippen LogP contribution < -0.4 is 0 Å². The Bertz CT molecular complexity index is 429. The number of hydrogen-bond acceptors (Lipinski definition) is 2. The molecule has 1 aliphatic heterocycles. The topological polar surface area (TPSA) is 20.3 Å². The Morgan fingerprint density at radius 3 is 2.44 bits per heavy atom. The number of likely N-dealkylation sites (tertiary alicyclic amines) is 1. The molecule has 1 fully saturated rings. The molecule has 0 N–H and O–H groups in total. The third-order valence-corrected chi connectivity index (χ3v) is 3.84. The molecule has 2 rings (SSSR count). The summed E-state index contributed by atoms with van der Waals surface area (Å²) in [5.74, 6) is 0.418. The second-order valence-electron chi connectivity index (χ2n) is 5.43. The molecule has 98 valence electrons. The minimum absolute atomic E-state index is 0.0796. The lowest BCUT2D eigenvalue weighted by Crippen LogP contribution is -2.41. The summed E-state index contributed by atoms with van der Waals surface area (Å²) in [4.78, 5) is 14.6. The average Bonchev–Trinajstić information content (AvgIpc) is 2.67. The maximum atomic E-state index is 12.8. The van der Waals surface area contributed by atoms with E-state index in [-0.39, 0.29) is 17.6 Å². The van der Waals surface area contributed by atoms with Crippen molar-refractivity contribution in [1.29, 1.82) is 0 Å². The lowest BCUT2D eigenvalue weighted by atomic mass is 10.0. The van der Waals surface area contributed by atoms with Crippen molar-refractivity contribution in [2.24, 2.45) is 5.92 Å². The van der Waals surface area contributed by atoms with E-state index in [4.69, 9.17) is 0 Å². The van der Waals surface area contributed by atoms with Gasteiger partial charge in [0.05, 0.1) is 6.04 Å². The van der Waals surface area contributed by atoms with Gasteiger partial charge >= 0.3 is 0 Å². The molecule has 1 heterocycles. The highest BCUT2D eigenvalue weighted by atomic mass is 19.1. The summed E-state index contributed by atoms with van der Waals surface area (Å²) in [6.07, 6.45) is 1.14. The zero-order valence-corrected chi connectivity index (χ0v) is 11.2. The van der Waals surface area contributed by atoms with E-state index in [0.29, 0.717) is 17.5 Å². The van der Waals surface area contributed by atoms with Gasteiger partial charge in [0.15, 0.2) is 5.78 Å². The fourth-order valence-electron chi connectivity index (χ4n) is 2.88. The molecular weight excluding hydrogens is 229 g/mol. The first-order valence-electron chi connectivity index (χ1n) is 6.54. The van der Waals surface area contributed by atoms with Gasteiger partial charge in [0.2, 0.25) is 0 Å². The number of halogens is 1. The molecule has 3 atom stereocenters. The second kappa shape index (κ2) is 5.19. The summed E-state index contributed by atoms with van der Waals surface area (Å²) in [5, 5.41) is 0. The molecule has 0 aromatic heterocycles. The van der Waals surface area contributed by atoms with Gasteiger partial charge in [-0.05, 0) is 50.5 Å². The molecule has 0 radical (unpaired) electrons. The molecule has 0 aliphatic carbocycles. The Morgan fingerprint density at radius 2 is 1.94 bits per heavy atom. The first-order chi connectivity index (χ1) is 8.49. The smallest absolute Gasteiger partial charge is 0.179 e. The van der Waals surface area contributed by atoms with Crippen LogP contribution in [0.1, 0.15) is 37.6 Å². The van der Waals surface area contributed by atoms with Crippen molar-refractivity contribution in [3.05, 3.63) is 35.6 Å². The number of rotatable bonds is 3. The minimum Gasteiger partial charge on any atom is -0.292 e. The highest BCUT2D eigenvalue weighted by molar-refractivity contribution is 5.99. The Morgan fingerprint density at radius 1 is 1.33 bits per heavy atom. The lowest BCUT2D eigenvalue weighted by Gasteiger charge is -2.27. The lowest BCUT2D eigenvalue weighted by molar-refractivity contribution is 0.0826. The van der Waals surface area contributed by atoms with E-state index < -0.39 is 0 Å². The molecular formula is C15H20FNO. The minimum atomic E-state index is -0.303. The summed E-state index contributed by atoms with van der Waals surface area (Å²) in [7, 11) is 0. The van der Waals surface area contributed by atoms with Crippen molar-refractivity contribution in [3.63, 3.8) is 0 Å². The quantitative estimate of drug-likeness (QED) is 0.767. The summed E-state index contributed by atoms with van der Waals surface area (Å²) in [5.41, 5.74) is 0.593.